The summed E-state index contributed by atoms with van der Waals surface area (Å²) in [7, 11) is 0. The van der Waals surface area contributed by atoms with Crippen LogP contribution in [0.15, 0.2) is 60.2 Å². The summed E-state index contributed by atoms with van der Waals surface area (Å²) in [6, 6.07) is 13.6. The third kappa shape index (κ3) is 7.03. The molecule has 30 heavy (non-hydrogen) atoms. The molecule has 158 valence electrons. The Morgan fingerprint density at radius 3 is 2.60 bits per heavy atom. The predicted octanol–water partition coefficient (Wildman–Crippen LogP) is 4.43. The van der Waals surface area contributed by atoms with Crippen LogP contribution in [0.2, 0.25) is 0 Å². The third-order valence-electron chi connectivity index (χ3n) is 5.05. The molecule has 0 aliphatic heterocycles. The summed E-state index contributed by atoms with van der Waals surface area (Å²) in [4.78, 5) is 24.2. The fraction of sp³-hybridized carbons (Fsp3) is 0.333. The Bertz CT molecular complexity index is 897. The number of benzene rings is 2. The van der Waals surface area contributed by atoms with Crippen molar-refractivity contribution in [2.45, 2.75) is 38.5 Å². The van der Waals surface area contributed by atoms with Crippen molar-refractivity contribution in [2.75, 3.05) is 23.7 Å². The number of allylic oxidation sites excluding steroid dienone is 1. The van der Waals surface area contributed by atoms with Crippen molar-refractivity contribution in [3.05, 3.63) is 71.6 Å². The van der Waals surface area contributed by atoms with E-state index in [1.165, 1.54) is 30.5 Å². The van der Waals surface area contributed by atoms with Crippen LogP contribution in [0.5, 0.6) is 0 Å². The van der Waals surface area contributed by atoms with Gasteiger partial charge in [-0.1, -0.05) is 42.0 Å². The minimum Gasteiger partial charge on any atom is -0.376 e. The second-order valence-corrected chi connectivity index (χ2v) is 7.47. The minimum atomic E-state index is -0.521. The molecule has 0 aromatic heterocycles. The number of hydrogen-bond acceptors (Lipinski definition) is 3. The number of nitrogens with one attached hydrogen (secondary N) is 3. The first-order chi connectivity index (χ1) is 14.6. The zero-order valence-electron chi connectivity index (χ0n) is 17.0. The van der Waals surface area contributed by atoms with Gasteiger partial charge < -0.3 is 16.0 Å². The number of hydrogen-bond donors (Lipinski definition) is 3. The molecule has 3 N–H and O–H groups in total. The lowest BCUT2D eigenvalue weighted by molar-refractivity contribution is -0.119. The lowest BCUT2D eigenvalue weighted by Crippen LogP contribution is -2.30. The number of amides is 2. The van der Waals surface area contributed by atoms with Gasteiger partial charge in [0.15, 0.2) is 0 Å². The number of halogens is 1. The van der Waals surface area contributed by atoms with Gasteiger partial charge in [-0.05, 0) is 55.9 Å². The molecule has 0 radical (unpaired) electrons. The van der Waals surface area contributed by atoms with Gasteiger partial charge in [-0.2, -0.15) is 0 Å². The highest BCUT2D eigenvalue weighted by molar-refractivity contribution is 5.93. The third-order valence-corrected chi connectivity index (χ3v) is 5.05. The molecule has 1 aliphatic carbocycles. The molecule has 3 rings (SSSR count). The van der Waals surface area contributed by atoms with Crippen LogP contribution < -0.4 is 16.0 Å². The molecule has 2 amide bonds. The van der Waals surface area contributed by atoms with E-state index in [0.717, 1.165) is 24.8 Å². The van der Waals surface area contributed by atoms with E-state index in [1.807, 2.05) is 30.3 Å². The Kier molecular flexibility index (Phi) is 8.01. The summed E-state index contributed by atoms with van der Waals surface area (Å²) in [5, 5.41) is 8.48. The van der Waals surface area contributed by atoms with Crippen LogP contribution in [0.25, 0.3) is 0 Å². The second kappa shape index (κ2) is 11.1. The molecule has 2 aromatic rings. The zero-order valence-corrected chi connectivity index (χ0v) is 17.0. The van der Waals surface area contributed by atoms with Gasteiger partial charge in [0.05, 0.1) is 18.7 Å². The monoisotopic (exact) mass is 409 g/mol. The van der Waals surface area contributed by atoms with E-state index >= 15 is 0 Å². The maximum atomic E-state index is 14.1. The highest BCUT2D eigenvalue weighted by Crippen LogP contribution is 2.20. The van der Waals surface area contributed by atoms with Gasteiger partial charge in [0.1, 0.15) is 5.82 Å². The van der Waals surface area contributed by atoms with Crippen molar-refractivity contribution in [3.63, 3.8) is 0 Å². The first-order valence-corrected chi connectivity index (χ1v) is 10.4. The van der Waals surface area contributed by atoms with Crippen LogP contribution in [0.4, 0.5) is 15.8 Å². The van der Waals surface area contributed by atoms with Crippen LogP contribution >= 0.6 is 0 Å². The molecule has 0 fully saturated rings. The van der Waals surface area contributed by atoms with E-state index in [4.69, 9.17) is 0 Å². The van der Waals surface area contributed by atoms with Gasteiger partial charge in [0.25, 0.3) is 0 Å². The number of carbonyl (C=O) groups is 2. The smallest absolute Gasteiger partial charge is 0.239 e. The van der Waals surface area contributed by atoms with Crippen molar-refractivity contribution >= 4 is 23.2 Å². The van der Waals surface area contributed by atoms with E-state index in [2.05, 4.69) is 22.0 Å². The zero-order chi connectivity index (χ0) is 21.2. The first-order valence-electron chi connectivity index (χ1n) is 10.4. The van der Waals surface area contributed by atoms with Gasteiger partial charge in [-0.3, -0.25) is 9.59 Å². The second-order valence-electron chi connectivity index (χ2n) is 7.47. The summed E-state index contributed by atoms with van der Waals surface area (Å²) < 4.78 is 14.1. The highest BCUT2D eigenvalue weighted by Gasteiger charge is 2.10. The molecule has 0 atom stereocenters. The summed E-state index contributed by atoms with van der Waals surface area (Å²) in [6.07, 6.45) is 8.08. The first kappa shape index (κ1) is 21.6. The molecule has 0 saturated carbocycles. The molecule has 6 heteroatoms. The van der Waals surface area contributed by atoms with Crippen molar-refractivity contribution < 1.29 is 14.0 Å². The van der Waals surface area contributed by atoms with Crippen molar-refractivity contribution in [1.82, 2.24) is 5.32 Å². The maximum absolute atomic E-state index is 14.1. The van der Waals surface area contributed by atoms with Crippen LogP contribution in [0.1, 0.15) is 37.7 Å². The number of carbonyl (C=O) groups excluding carboxylic acids is 2. The van der Waals surface area contributed by atoms with Crippen LogP contribution in [0.3, 0.4) is 0 Å². The Hall–Kier alpha value is -3.15. The molecule has 0 spiro atoms. The van der Waals surface area contributed by atoms with Gasteiger partial charge in [0.2, 0.25) is 11.8 Å². The van der Waals surface area contributed by atoms with E-state index in [1.54, 1.807) is 6.07 Å². The Balaban J connectivity index is 1.45. The fourth-order valence-electron chi connectivity index (χ4n) is 3.45. The van der Waals surface area contributed by atoms with Crippen LogP contribution in [-0.2, 0) is 16.0 Å². The Morgan fingerprint density at radius 2 is 1.83 bits per heavy atom. The van der Waals surface area contributed by atoms with E-state index in [0.29, 0.717) is 12.2 Å². The minimum absolute atomic E-state index is 0.0854. The van der Waals surface area contributed by atoms with Gasteiger partial charge in [-0.15, -0.1) is 0 Å². The highest BCUT2D eigenvalue weighted by atomic mass is 19.1. The number of rotatable bonds is 9. The van der Waals surface area contributed by atoms with Gasteiger partial charge in [-0.25, -0.2) is 4.39 Å². The molecule has 0 unspecified atom stereocenters. The van der Waals surface area contributed by atoms with Gasteiger partial charge in [0, 0.05) is 12.2 Å². The fourth-order valence-corrected chi connectivity index (χ4v) is 3.45. The van der Waals surface area contributed by atoms with Crippen molar-refractivity contribution in [3.8, 4) is 0 Å². The summed E-state index contributed by atoms with van der Waals surface area (Å²) in [5.74, 6) is -0.940. The van der Waals surface area contributed by atoms with Crippen LogP contribution in [0, 0.1) is 5.82 Å². The lowest BCUT2D eigenvalue weighted by atomic mass is 9.97. The Labute approximate surface area is 176 Å². The SMILES string of the molecule is O=C(CNc1ccc(F)c(NC(=O)Cc2ccccc2)c1)NCCC1=CCCCC1. The molecule has 5 nitrogen and oxygen atoms in total. The number of anilines is 2. The van der Waals surface area contributed by atoms with Crippen molar-refractivity contribution in [1.29, 1.82) is 0 Å². The predicted molar refractivity (Wildman–Crippen MR) is 118 cm³/mol. The summed E-state index contributed by atoms with van der Waals surface area (Å²) in [5.41, 5.74) is 2.93. The standard InChI is InChI=1S/C24H28FN3O2/c25-21-12-11-20(16-22(21)28-23(29)15-19-9-5-2-6-10-19)27-17-24(30)26-14-13-18-7-3-1-4-8-18/h2,5-7,9-12,16,27H,1,3-4,8,13-15,17H2,(H,26,30)(H,28,29). The molecule has 1 aliphatic rings. The lowest BCUT2D eigenvalue weighted by Gasteiger charge is -2.13. The molecular weight excluding hydrogens is 381 g/mol. The quantitative estimate of drug-likeness (QED) is 0.537. The van der Waals surface area contributed by atoms with E-state index in [9.17, 15) is 14.0 Å². The normalized spacial score (nSPS) is 13.3. The largest absolute Gasteiger partial charge is 0.376 e. The average molecular weight is 410 g/mol. The summed E-state index contributed by atoms with van der Waals surface area (Å²) in [6.45, 7) is 0.707. The molecular formula is C24H28FN3O2. The molecule has 0 saturated heterocycles. The average Bonchev–Trinajstić information content (AvgIpc) is 2.76. The summed E-state index contributed by atoms with van der Waals surface area (Å²) >= 11 is 0. The van der Waals surface area contributed by atoms with Crippen molar-refractivity contribution in [2.24, 2.45) is 0 Å². The Morgan fingerprint density at radius 1 is 1.00 bits per heavy atom. The maximum Gasteiger partial charge on any atom is 0.239 e. The van der Waals surface area contributed by atoms with Crippen LogP contribution in [-0.4, -0.2) is 24.9 Å². The van der Waals surface area contributed by atoms with E-state index in [-0.39, 0.29) is 30.5 Å². The van der Waals surface area contributed by atoms with E-state index < -0.39 is 5.82 Å². The topological polar surface area (TPSA) is 70.2 Å². The molecule has 0 bridgehead atoms. The molecule has 2 aromatic carbocycles. The van der Waals surface area contributed by atoms with Gasteiger partial charge >= 0.3 is 0 Å². The molecule has 0 heterocycles.